The second-order valence-corrected chi connectivity index (χ2v) is 7.92. The molecular weight excluding hydrogens is 369 g/mol. The van der Waals surface area contributed by atoms with Gasteiger partial charge in [0.25, 0.3) is 0 Å². The monoisotopic (exact) mass is 395 g/mol. The predicted molar refractivity (Wildman–Crippen MR) is 108 cm³/mol. The molecule has 2 aromatic rings. The molecule has 0 bridgehead atoms. The smallest absolute Gasteiger partial charge is 0.317 e. The first kappa shape index (κ1) is 19.4. The van der Waals surface area contributed by atoms with E-state index in [0.29, 0.717) is 32.6 Å². The molecule has 0 unspecified atom stereocenters. The Morgan fingerprint density at radius 1 is 1.07 bits per heavy atom. The van der Waals surface area contributed by atoms with Crippen LogP contribution in [0.3, 0.4) is 0 Å². The number of nitrogens with zero attached hydrogens (tertiary/aromatic N) is 2. The molecule has 5 nitrogen and oxygen atoms in total. The molecule has 2 aromatic carbocycles. The molecule has 4 rings (SSSR count). The van der Waals surface area contributed by atoms with Gasteiger partial charge in [0.05, 0.1) is 6.04 Å². The summed E-state index contributed by atoms with van der Waals surface area (Å²) in [6.45, 7) is 2.04. The zero-order valence-corrected chi connectivity index (χ0v) is 16.4. The van der Waals surface area contributed by atoms with Crippen molar-refractivity contribution in [2.75, 3.05) is 13.1 Å². The molecule has 0 aromatic heterocycles. The number of likely N-dealkylation sites (tertiary alicyclic amines) is 2. The first-order valence-electron chi connectivity index (χ1n) is 10.2. The lowest BCUT2D eigenvalue weighted by Gasteiger charge is -2.30. The number of benzene rings is 2. The SMILES string of the molecule is O=C(NCc1ccccc1)N1C[C@H]2CCCC(=O)N(Cc3cccc(F)c3)[C@H]2C1. The first-order chi connectivity index (χ1) is 14.1. The van der Waals surface area contributed by atoms with E-state index < -0.39 is 0 Å². The van der Waals surface area contributed by atoms with Crippen molar-refractivity contribution in [1.29, 1.82) is 0 Å². The van der Waals surface area contributed by atoms with Crippen LogP contribution in [0.1, 0.15) is 30.4 Å². The van der Waals surface area contributed by atoms with Crippen molar-refractivity contribution in [1.82, 2.24) is 15.1 Å². The first-order valence-corrected chi connectivity index (χ1v) is 10.2. The van der Waals surface area contributed by atoms with Gasteiger partial charge in [-0.05, 0) is 42.0 Å². The fourth-order valence-corrected chi connectivity index (χ4v) is 4.42. The van der Waals surface area contributed by atoms with Gasteiger partial charge in [0, 0.05) is 32.6 Å². The van der Waals surface area contributed by atoms with E-state index >= 15 is 0 Å². The maximum absolute atomic E-state index is 13.6. The van der Waals surface area contributed by atoms with Crippen LogP contribution in [-0.2, 0) is 17.9 Å². The Morgan fingerprint density at radius 2 is 1.86 bits per heavy atom. The molecule has 29 heavy (non-hydrogen) atoms. The number of nitrogens with one attached hydrogen (secondary N) is 1. The van der Waals surface area contributed by atoms with Gasteiger partial charge in [0.2, 0.25) is 5.91 Å². The molecule has 0 spiro atoms. The maximum Gasteiger partial charge on any atom is 0.317 e. The van der Waals surface area contributed by atoms with Gasteiger partial charge < -0.3 is 15.1 Å². The summed E-state index contributed by atoms with van der Waals surface area (Å²) in [6.07, 6.45) is 2.28. The van der Waals surface area contributed by atoms with Crippen LogP contribution in [0.4, 0.5) is 9.18 Å². The Balaban J connectivity index is 1.43. The van der Waals surface area contributed by atoms with Gasteiger partial charge in [-0.2, -0.15) is 0 Å². The molecular formula is C23H26FN3O2. The molecule has 1 N–H and O–H groups in total. The summed E-state index contributed by atoms with van der Waals surface area (Å²) in [5.74, 6) is 0.0560. The molecule has 2 aliphatic rings. The minimum atomic E-state index is -0.297. The third-order valence-corrected chi connectivity index (χ3v) is 5.91. The van der Waals surface area contributed by atoms with E-state index in [4.69, 9.17) is 0 Å². The number of carbonyl (C=O) groups excluding carboxylic acids is 2. The normalized spacial score (nSPS) is 21.6. The highest BCUT2D eigenvalue weighted by atomic mass is 19.1. The van der Waals surface area contributed by atoms with Crippen LogP contribution in [0.25, 0.3) is 0 Å². The van der Waals surface area contributed by atoms with Crippen molar-refractivity contribution in [2.45, 2.75) is 38.4 Å². The van der Waals surface area contributed by atoms with Crippen molar-refractivity contribution >= 4 is 11.9 Å². The summed E-state index contributed by atoms with van der Waals surface area (Å²) in [6, 6.07) is 16.1. The third kappa shape index (κ3) is 4.58. The second kappa shape index (κ2) is 8.64. The molecule has 152 valence electrons. The van der Waals surface area contributed by atoms with Crippen molar-refractivity contribution in [3.8, 4) is 0 Å². The quantitative estimate of drug-likeness (QED) is 0.861. The maximum atomic E-state index is 13.6. The Kier molecular flexibility index (Phi) is 5.79. The number of carbonyl (C=O) groups is 2. The zero-order chi connectivity index (χ0) is 20.2. The van der Waals surface area contributed by atoms with E-state index in [1.54, 1.807) is 6.07 Å². The Labute approximate surface area is 170 Å². The Hall–Kier alpha value is -2.89. The van der Waals surface area contributed by atoms with Gasteiger partial charge in [-0.3, -0.25) is 4.79 Å². The van der Waals surface area contributed by atoms with Gasteiger partial charge in [-0.25, -0.2) is 9.18 Å². The zero-order valence-electron chi connectivity index (χ0n) is 16.4. The number of rotatable bonds is 4. The van der Waals surface area contributed by atoms with Gasteiger partial charge in [-0.15, -0.1) is 0 Å². The van der Waals surface area contributed by atoms with Gasteiger partial charge >= 0.3 is 6.03 Å². The lowest BCUT2D eigenvalue weighted by atomic mass is 9.98. The molecule has 0 saturated carbocycles. The van der Waals surface area contributed by atoms with Gasteiger partial charge in [0.15, 0.2) is 0 Å². The minimum absolute atomic E-state index is 0.0178. The molecule has 2 fully saturated rings. The van der Waals surface area contributed by atoms with E-state index in [1.165, 1.54) is 12.1 Å². The largest absolute Gasteiger partial charge is 0.334 e. The minimum Gasteiger partial charge on any atom is -0.334 e. The topological polar surface area (TPSA) is 52.7 Å². The third-order valence-electron chi connectivity index (χ3n) is 5.91. The van der Waals surface area contributed by atoms with E-state index in [-0.39, 0.29) is 29.7 Å². The average Bonchev–Trinajstić information content (AvgIpc) is 3.09. The molecule has 0 radical (unpaired) electrons. The number of urea groups is 1. The van der Waals surface area contributed by atoms with E-state index in [9.17, 15) is 14.0 Å². The Morgan fingerprint density at radius 3 is 2.66 bits per heavy atom. The molecule has 2 atom stereocenters. The van der Waals surface area contributed by atoms with Crippen LogP contribution < -0.4 is 5.32 Å². The van der Waals surface area contributed by atoms with E-state index in [1.807, 2.05) is 46.2 Å². The molecule has 3 amide bonds. The van der Waals surface area contributed by atoms with Crippen LogP contribution in [0, 0.1) is 11.7 Å². The number of hydrogen-bond acceptors (Lipinski definition) is 2. The van der Waals surface area contributed by atoms with Crippen molar-refractivity contribution in [3.63, 3.8) is 0 Å². The van der Waals surface area contributed by atoms with Crippen molar-refractivity contribution in [3.05, 3.63) is 71.5 Å². The molecule has 2 aliphatic heterocycles. The van der Waals surface area contributed by atoms with Crippen LogP contribution >= 0.6 is 0 Å². The van der Waals surface area contributed by atoms with E-state index in [0.717, 1.165) is 24.0 Å². The number of hydrogen-bond donors (Lipinski definition) is 1. The summed E-state index contributed by atoms with van der Waals surface area (Å²) in [4.78, 5) is 29.1. The number of amides is 3. The Bertz CT molecular complexity index is 873. The summed E-state index contributed by atoms with van der Waals surface area (Å²) < 4.78 is 13.6. The molecule has 2 heterocycles. The summed E-state index contributed by atoms with van der Waals surface area (Å²) in [5.41, 5.74) is 1.84. The number of halogens is 1. The predicted octanol–water partition coefficient (Wildman–Crippen LogP) is 3.55. The molecule has 2 saturated heterocycles. The highest BCUT2D eigenvalue weighted by Gasteiger charge is 2.41. The van der Waals surface area contributed by atoms with E-state index in [2.05, 4.69) is 5.32 Å². The summed E-state index contributed by atoms with van der Waals surface area (Å²) in [5, 5.41) is 2.98. The highest BCUT2D eigenvalue weighted by Crippen LogP contribution is 2.31. The van der Waals surface area contributed by atoms with Crippen molar-refractivity contribution < 1.29 is 14.0 Å². The lowest BCUT2D eigenvalue weighted by molar-refractivity contribution is -0.133. The number of fused-ring (bicyclic) bond motifs is 1. The van der Waals surface area contributed by atoms with Gasteiger partial charge in [-0.1, -0.05) is 42.5 Å². The standard InChI is InChI=1S/C23H26FN3O2/c24-20-10-4-8-18(12-20)14-27-21-16-26(15-19(21)9-5-11-22(27)28)23(29)25-13-17-6-2-1-3-7-17/h1-4,6-8,10,12,19,21H,5,9,11,13-16H2,(H,25,29)/t19-,21+/m1/s1. The molecule has 0 aliphatic carbocycles. The van der Waals surface area contributed by atoms with Crippen LogP contribution in [0.15, 0.2) is 54.6 Å². The van der Waals surface area contributed by atoms with Crippen molar-refractivity contribution in [2.24, 2.45) is 5.92 Å². The average molecular weight is 395 g/mol. The van der Waals surface area contributed by atoms with Crippen LogP contribution in [0.2, 0.25) is 0 Å². The van der Waals surface area contributed by atoms with Gasteiger partial charge in [0.1, 0.15) is 5.82 Å². The fraction of sp³-hybridized carbons (Fsp3) is 0.391. The summed E-state index contributed by atoms with van der Waals surface area (Å²) in [7, 11) is 0. The lowest BCUT2D eigenvalue weighted by Crippen LogP contribution is -2.44. The highest BCUT2D eigenvalue weighted by molar-refractivity contribution is 5.78. The van der Waals surface area contributed by atoms with Crippen LogP contribution in [-0.4, -0.2) is 40.9 Å². The molecule has 6 heteroatoms. The fourth-order valence-electron chi connectivity index (χ4n) is 4.42. The second-order valence-electron chi connectivity index (χ2n) is 7.92. The summed E-state index contributed by atoms with van der Waals surface area (Å²) >= 11 is 0. The van der Waals surface area contributed by atoms with Crippen LogP contribution in [0.5, 0.6) is 0 Å².